The first kappa shape index (κ1) is 33.2. The molecule has 0 aliphatic heterocycles. The number of ether oxygens (including phenoxy) is 2. The lowest BCUT2D eigenvalue weighted by Gasteiger charge is -2.36. The Morgan fingerprint density at radius 3 is 1.66 bits per heavy atom. The minimum atomic E-state index is -0.360. The van der Waals surface area contributed by atoms with Crippen molar-refractivity contribution in [3.63, 3.8) is 0 Å². The molecule has 1 N–H and O–H groups in total. The maximum Gasteiger partial charge on any atom is 0.169 e. The highest BCUT2D eigenvalue weighted by Crippen LogP contribution is 2.32. The van der Waals surface area contributed by atoms with Gasteiger partial charge in [-0.1, -0.05) is 43.6 Å². The summed E-state index contributed by atoms with van der Waals surface area (Å²) in [7, 11) is 0. The third kappa shape index (κ3) is 17.3. The zero-order chi connectivity index (χ0) is 26.2. The molecule has 1 unspecified atom stereocenters. The molecular weight excluding hydrogens is 440 g/mol. The summed E-state index contributed by atoms with van der Waals surface area (Å²) in [5.74, 6) is 0.865. The Kier molecular flexibility index (Phi) is 21.5. The summed E-state index contributed by atoms with van der Waals surface area (Å²) < 4.78 is 11.5. The van der Waals surface area contributed by atoms with Crippen LogP contribution in [-0.4, -0.2) is 42.3 Å². The molecule has 0 aromatic rings. The average molecular weight is 491 g/mol. The van der Waals surface area contributed by atoms with Crippen LogP contribution in [0.5, 0.6) is 0 Å². The van der Waals surface area contributed by atoms with Gasteiger partial charge in [0.2, 0.25) is 0 Å². The van der Waals surface area contributed by atoms with Crippen molar-refractivity contribution in [2.75, 3.05) is 19.8 Å². The number of hydrogen-bond donors (Lipinski definition) is 1. The molecule has 3 aliphatic rings. The molecule has 0 aromatic heterocycles. The van der Waals surface area contributed by atoms with E-state index in [1.165, 1.54) is 38.2 Å². The van der Waals surface area contributed by atoms with Crippen molar-refractivity contribution in [2.24, 2.45) is 5.92 Å². The Hall–Kier alpha value is -1.82. The number of carbonyl (C=O) groups is 2. The Labute approximate surface area is 214 Å². The zero-order valence-electron chi connectivity index (χ0n) is 22.0. The van der Waals surface area contributed by atoms with Gasteiger partial charge < -0.3 is 14.6 Å². The molecule has 0 bridgehead atoms. The third-order valence-electron chi connectivity index (χ3n) is 6.22. The van der Waals surface area contributed by atoms with E-state index in [4.69, 9.17) is 14.6 Å². The molecule has 3 aliphatic carbocycles. The van der Waals surface area contributed by atoms with Crippen molar-refractivity contribution >= 4 is 11.6 Å². The van der Waals surface area contributed by atoms with E-state index in [1.807, 2.05) is 6.08 Å². The van der Waals surface area contributed by atoms with Crippen LogP contribution in [0.3, 0.4) is 0 Å². The van der Waals surface area contributed by atoms with Crippen LogP contribution in [0.4, 0.5) is 0 Å². The van der Waals surface area contributed by atoms with Gasteiger partial charge in [0.15, 0.2) is 5.79 Å². The van der Waals surface area contributed by atoms with Crippen molar-refractivity contribution in [2.45, 2.75) is 102 Å². The summed E-state index contributed by atoms with van der Waals surface area (Å²) >= 11 is 0. The molecule has 0 heterocycles. The summed E-state index contributed by atoms with van der Waals surface area (Å²) in [6.07, 6.45) is 22.8. The van der Waals surface area contributed by atoms with E-state index in [0.29, 0.717) is 30.7 Å². The largest absolute Gasteiger partial charge is 0.392 e. The van der Waals surface area contributed by atoms with Gasteiger partial charge in [0.25, 0.3) is 0 Å². The van der Waals surface area contributed by atoms with Crippen molar-refractivity contribution in [3.05, 3.63) is 50.6 Å². The molecule has 5 nitrogen and oxygen atoms in total. The lowest BCUT2D eigenvalue weighted by atomic mass is 9.86. The zero-order valence-corrected chi connectivity index (χ0v) is 22.0. The summed E-state index contributed by atoms with van der Waals surface area (Å²) in [6.45, 7) is 15.4. The van der Waals surface area contributed by atoms with E-state index in [2.05, 4.69) is 26.3 Å². The fourth-order valence-corrected chi connectivity index (χ4v) is 4.29. The van der Waals surface area contributed by atoms with E-state index < -0.39 is 0 Å². The van der Waals surface area contributed by atoms with Gasteiger partial charge in [-0.3, -0.25) is 9.59 Å². The molecular formula is C30H50O5. The maximum absolute atomic E-state index is 11.1. The normalized spacial score (nSPS) is 20.9. The number of allylic oxidation sites excluding steroid dienone is 1. The Balaban J connectivity index is 0.000000481. The lowest BCUT2D eigenvalue weighted by molar-refractivity contribution is -0.241. The summed E-state index contributed by atoms with van der Waals surface area (Å²) in [4.78, 5) is 21.6. The van der Waals surface area contributed by atoms with Gasteiger partial charge in [-0.2, -0.15) is 0 Å². The first-order chi connectivity index (χ1) is 17.0. The lowest BCUT2D eigenvalue weighted by Crippen LogP contribution is -2.38. The highest BCUT2D eigenvalue weighted by Gasteiger charge is 2.33. The van der Waals surface area contributed by atoms with Crippen LogP contribution in [0.1, 0.15) is 96.3 Å². The highest BCUT2D eigenvalue weighted by molar-refractivity contribution is 5.81. The molecule has 5 heteroatoms. The fourth-order valence-electron chi connectivity index (χ4n) is 4.29. The van der Waals surface area contributed by atoms with E-state index in [1.54, 1.807) is 12.2 Å². The number of aliphatic hydroxyl groups excluding tert-OH is 1. The molecule has 0 amide bonds. The van der Waals surface area contributed by atoms with Crippen molar-refractivity contribution in [3.8, 4) is 0 Å². The topological polar surface area (TPSA) is 72.8 Å². The Morgan fingerprint density at radius 1 is 0.743 bits per heavy atom. The van der Waals surface area contributed by atoms with E-state index >= 15 is 0 Å². The van der Waals surface area contributed by atoms with E-state index in [0.717, 1.165) is 64.2 Å². The first-order valence-corrected chi connectivity index (χ1v) is 13.3. The van der Waals surface area contributed by atoms with Gasteiger partial charge in [0.1, 0.15) is 11.6 Å². The van der Waals surface area contributed by atoms with Crippen LogP contribution in [0.25, 0.3) is 0 Å². The van der Waals surface area contributed by atoms with Crippen LogP contribution in [-0.2, 0) is 19.1 Å². The highest BCUT2D eigenvalue weighted by atomic mass is 16.7. The summed E-state index contributed by atoms with van der Waals surface area (Å²) in [6, 6.07) is 0. The molecule has 0 saturated heterocycles. The number of ketones is 2. The predicted molar refractivity (Wildman–Crippen MR) is 145 cm³/mol. The number of rotatable bonds is 9. The van der Waals surface area contributed by atoms with E-state index in [-0.39, 0.29) is 12.4 Å². The molecule has 3 saturated carbocycles. The average Bonchev–Trinajstić information content (AvgIpc) is 2.90. The molecule has 0 radical (unpaired) electrons. The van der Waals surface area contributed by atoms with Gasteiger partial charge in [0.05, 0.1) is 19.8 Å². The van der Waals surface area contributed by atoms with Gasteiger partial charge in [-0.15, -0.1) is 26.3 Å². The monoisotopic (exact) mass is 490 g/mol. The molecule has 3 fully saturated rings. The van der Waals surface area contributed by atoms with Crippen molar-refractivity contribution < 1.29 is 24.2 Å². The van der Waals surface area contributed by atoms with Gasteiger partial charge in [0, 0.05) is 38.0 Å². The number of aliphatic hydroxyl groups is 1. The second-order valence-corrected chi connectivity index (χ2v) is 9.17. The second-order valence-electron chi connectivity index (χ2n) is 9.17. The Bertz CT molecular complexity index is 582. The van der Waals surface area contributed by atoms with Crippen LogP contribution >= 0.6 is 0 Å². The summed E-state index contributed by atoms with van der Waals surface area (Å²) in [5, 5.41) is 7.76. The second kappa shape index (κ2) is 22.6. The molecule has 0 aromatic carbocycles. The van der Waals surface area contributed by atoms with Gasteiger partial charge in [-0.05, 0) is 44.9 Å². The van der Waals surface area contributed by atoms with E-state index in [9.17, 15) is 9.59 Å². The smallest absolute Gasteiger partial charge is 0.169 e. The first-order valence-electron chi connectivity index (χ1n) is 13.3. The van der Waals surface area contributed by atoms with Crippen molar-refractivity contribution in [1.29, 1.82) is 0 Å². The third-order valence-corrected chi connectivity index (χ3v) is 6.22. The molecule has 200 valence electrons. The molecule has 3 rings (SSSR count). The Morgan fingerprint density at radius 2 is 1.26 bits per heavy atom. The van der Waals surface area contributed by atoms with Crippen LogP contribution < -0.4 is 0 Å². The standard InChI is InChI=1S/C12H20O2.C9H14O.C6H10O.C3H6O/c1-3-10-13-12(14-11-4-2)8-6-5-7-9-12;1-2-5-8-6-3-4-7-9(8)10;7-6-4-2-1-3-5-6;1-2-3-4/h3-4H,1-2,5-11H2;2,8H,1,3-7H2;1-5H2;2,4H,1,3H2. The van der Waals surface area contributed by atoms with Crippen LogP contribution in [0.2, 0.25) is 0 Å². The number of Topliss-reactive ketones (excluding diaryl/α,β-unsaturated/α-hetero) is 2. The van der Waals surface area contributed by atoms with Crippen LogP contribution in [0.15, 0.2) is 50.6 Å². The van der Waals surface area contributed by atoms with Gasteiger partial charge >= 0.3 is 0 Å². The minimum Gasteiger partial charge on any atom is -0.392 e. The predicted octanol–water partition coefficient (Wildman–Crippen LogP) is 7.06. The quantitative estimate of drug-likeness (QED) is 0.277. The molecule has 35 heavy (non-hydrogen) atoms. The van der Waals surface area contributed by atoms with Crippen molar-refractivity contribution in [1.82, 2.24) is 0 Å². The summed E-state index contributed by atoms with van der Waals surface area (Å²) in [5.41, 5.74) is 0. The molecule has 0 spiro atoms. The van der Waals surface area contributed by atoms with Gasteiger partial charge in [-0.25, -0.2) is 0 Å². The maximum atomic E-state index is 11.1. The molecule has 1 atom stereocenters. The number of hydrogen-bond acceptors (Lipinski definition) is 5. The minimum absolute atomic E-state index is 0.0833. The van der Waals surface area contributed by atoms with Crippen LogP contribution in [0, 0.1) is 5.92 Å². The SMILES string of the molecule is C=CCC1CCCCC1=O.C=CCO.C=CCOC1(OCC=C)CCCCC1.O=C1CCCCC1. The fraction of sp³-hybridized carbons (Fsp3) is 0.667. The number of carbonyl (C=O) groups excluding carboxylic acids is 2.